The van der Waals surface area contributed by atoms with Crippen LogP contribution >= 0.6 is 0 Å². The Balaban J connectivity index is 0.000000240. The van der Waals surface area contributed by atoms with Crippen molar-refractivity contribution < 1.29 is 30.9 Å². The van der Waals surface area contributed by atoms with Crippen LogP contribution in [0.15, 0.2) is 73.1 Å². The Kier molecular flexibility index (Phi) is 11.6. The predicted octanol–water partition coefficient (Wildman–Crippen LogP) is 4.38. The molecule has 7 heteroatoms. The molecular weight excluding hydrogens is 619 g/mol. The Morgan fingerprint density at radius 2 is 1.54 bits per heavy atom. The van der Waals surface area contributed by atoms with Crippen molar-refractivity contribution in [1.29, 1.82) is 0 Å². The first-order valence-corrected chi connectivity index (χ1v) is 10.9. The molecule has 0 unspecified atom stereocenters. The smallest absolute Gasteiger partial charge is 0.497 e. The number of hydrogen-bond donors (Lipinski definition) is 2. The first-order valence-electron chi connectivity index (χ1n) is 10.9. The maximum absolute atomic E-state index is 9.10. The van der Waals surface area contributed by atoms with E-state index in [1.165, 1.54) is 5.56 Å². The molecule has 0 aliphatic rings. The van der Waals surface area contributed by atoms with E-state index < -0.39 is 0 Å². The molecule has 0 aliphatic carbocycles. The van der Waals surface area contributed by atoms with Gasteiger partial charge in [-0.3, -0.25) is 0 Å². The second-order valence-electron chi connectivity index (χ2n) is 7.78. The minimum absolute atomic E-state index is 0. The summed E-state index contributed by atoms with van der Waals surface area (Å²) in [5.74, 6) is 0.804. The van der Waals surface area contributed by atoms with E-state index in [2.05, 4.69) is 44.5 Å². The van der Waals surface area contributed by atoms with Gasteiger partial charge in [0.25, 0.3) is 0 Å². The second kappa shape index (κ2) is 14.4. The third-order valence-electron chi connectivity index (χ3n) is 5.07. The summed E-state index contributed by atoms with van der Waals surface area (Å²) >= 11 is 0. The largest absolute Gasteiger partial charge is 2.00 e. The first-order chi connectivity index (χ1) is 16.5. The molecule has 0 saturated heterocycles. The molecule has 2 aromatic carbocycles. The van der Waals surface area contributed by atoms with E-state index in [-0.39, 0.29) is 27.7 Å². The maximum Gasteiger partial charge on any atom is 2.00 e. The molecule has 35 heavy (non-hydrogen) atoms. The predicted molar refractivity (Wildman–Crippen MR) is 137 cm³/mol. The number of rotatable bonds is 7. The summed E-state index contributed by atoms with van der Waals surface area (Å²) in [5.41, 5.74) is 6.81. The van der Waals surface area contributed by atoms with E-state index in [4.69, 9.17) is 9.84 Å². The third-order valence-corrected chi connectivity index (χ3v) is 5.07. The molecule has 0 radical (unpaired) electrons. The standard InChI is InChI=1S/2C14H15N2O.Pt/c1-16(2)12-6-4-5-11(9-12)14-10-13(17-3)7-8-15-14;1-15-9-11-3-2-4-13(7-11)14-8-12(10-17)5-6-16-14;/h4,6-10H,1-3H3;2-3,5-8,15,17H,9-10H2,1H3;/q2*-1;+2. The summed E-state index contributed by atoms with van der Waals surface area (Å²) < 4.78 is 5.19. The SMILES string of the molecule is CNCc1cc[c-]c(-c2cc(CO)ccn2)c1.COc1ccnc(-c2[c-]ccc(N(C)C)c2)c1.[Pt+2]. The first kappa shape index (κ1) is 28.2. The van der Waals surface area contributed by atoms with Crippen LogP contribution in [-0.2, 0) is 34.2 Å². The summed E-state index contributed by atoms with van der Waals surface area (Å²) in [6.45, 7) is 0.854. The van der Waals surface area contributed by atoms with Crippen LogP contribution in [0.4, 0.5) is 5.69 Å². The Bertz CT molecular complexity index is 1200. The van der Waals surface area contributed by atoms with Crippen molar-refractivity contribution in [2.75, 3.05) is 33.2 Å². The molecule has 184 valence electrons. The number of pyridine rings is 2. The van der Waals surface area contributed by atoms with E-state index in [0.29, 0.717) is 0 Å². The third kappa shape index (κ3) is 8.29. The molecule has 2 heterocycles. The van der Waals surface area contributed by atoms with Crippen LogP contribution in [0.1, 0.15) is 11.1 Å². The Morgan fingerprint density at radius 3 is 2.20 bits per heavy atom. The molecule has 6 nitrogen and oxygen atoms in total. The minimum Gasteiger partial charge on any atom is -0.497 e. The van der Waals surface area contributed by atoms with Crippen LogP contribution in [0.2, 0.25) is 0 Å². The van der Waals surface area contributed by atoms with Gasteiger partial charge < -0.3 is 30.0 Å². The monoisotopic (exact) mass is 649 g/mol. The second-order valence-corrected chi connectivity index (χ2v) is 7.78. The molecule has 0 amide bonds. The topological polar surface area (TPSA) is 70.5 Å². The van der Waals surface area contributed by atoms with Crippen LogP contribution in [0.5, 0.6) is 5.75 Å². The fourth-order valence-corrected chi connectivity index (χ4v) is 3.26. The van der Waals surface area contributed by atoms with Gasteiger partial charge in [0, 0.05) is 33.0 Å². The molecular formula is C28H30N4O2Pt. The van der Waals surface area contributed by atoms with Crippen LogP contribution in [-0.4, -0.2) is 43.3 Å². The molecule has 0 spiro atoms. The molecule has 0 saturated carbocycles. The minimum atomic E-state index is 0. The summed E-state index contributed by atoms with van der Waals surface area (Å²) in [7, 11) is 7.59. The average molecular weight is 650 g/mol. The zero-order valence-corrected chi connectivity index (χ0v) is 22.6. The summed E-state index contributed by atoms with van der Waals surface area (Å²) in [6.07, 6.45) is 3.45. The Morgan fingerprint density at radius 1 is 0.886 bits per heavy atom. The molecule has 0 fully saturated rings. The number of aromatic nitrogens is 2. The van der Waals surface area contributed by atoms with Gasteiger partial charge in [0.2, 0.25) is 0 Å². The van der Waals surface area contributed by atoms with Gasteiger partial charge >= 0.3 is 21.1 Å². The summed E-state index contributed by atoms with van der Waals surface area (Å²) in [4.78, 5) is 10.7. The molecule has 2 aromatic heterocycles. The quantitative estimate of drug-likeness (QED) is 0.290. The Labute approximate surface area is 222 Å². The number of aliphatic hydroxyl groups is 1. The van der Waals surface area contributed by atoms with Crippen molar-refractivity contribution in [3.8, 4) is 28.3 Å². The van der Waals surface area contributed by atoms with Crippen molar-refractivity contribution in [3.05, 3.63) is 96.3 Å². The van der Waals surface area contributed by atoms with E-state index in [1.807, 2.05) is 63.6 Å². The number of nitrogens with zero attached hydrogens (tertiary/aromatic N) is 3. The fourth-order valence-electron chi connectivity index (χ4n) is 3.26. The molecule has 0 bridgehead atoms. The van der Waals surface area contributed by atoms with Gasteiger partial charge in [-0.1, -0.05) is 6.07 Å². The fraction of sp³-hybridized carbons (Fsp3) is 0.214. The number of nitrogens with one attached hydrogen (secondary N) is 1. The van der Waals surface area contributed by atoms with E-state index >= 15 is 0 Å². The van der Waals surface area contributed by atoms with Crippen LogP contribution in [0.3, 0.4) is 0 Å². The summed E-state index contributed by atoms with van der Waals surface area (Å²) in [6, 6.07) is 25.7. The average Bonchev–Trinajstić information content (AvgIpc) is 2.89. The molecule has 4 aromatic rings. The van der Waals surface area contributed by atoms with Crippen LogP contribution in [0.25, 0.3) is 22.5 Å². The van der Waals surface area contributed by atoms with Gasteiger partial charge in [0.15, 0.2) is 0 Å². The van der Waals surface area contributed by atoms with Crippen molar-refractivity contribution in [2.24, 2.45) is 0 Å². The van der Waals surface area contributed by atoms with Gasteiger partial charge in [0.1, 0.15) is 5.75 Å². The van der Waals surface area contributed by atoms with Gasteiger partial charge in [-0.15, -0.1) is 65.2 Å². The van der Waals surface area contributed by atoms with Gasteiger partial charge in [-0.25, -0.2) is 0 Å². The molecule has 0 aliphatic heterocycles. The van der Waals surface area contributed by atoms with Crippen molar-refractivity contribution in [1.82, 2.24) is 15.3 Å². The number of ether oxygens (including phenoxy) is 1. The number of anilines is 1. The van der Waals surface area contributed by atoms with Crippen molar-refractivity contribution in [2.45, 2.75) is 13.2 Å². The maximum atomic E-state index is 9.10. The van der Waals surface area contributed by atoms with Gasteiger partial charge in [-0.2, -0.15) is 0 Å². The number of methoxy groups -OCH3 is 1. The van der Waals surface area contributed by atoms with Crippen LogP contribution in [0, 0.1) is 12.1 Å². The van der Waals surface area contributed by atoms with Crippen molar-refractivity contribution in [3.63, 3.8) is 0 Å². The molecule has 2 N–H and O–H groups in total. The van der Waals surface area contributed by atoms with Crippen molar-refractivity contribution >= 4 is 5.69 Å². The normalized spacial score (nSPS) is 9.97. The molecule has 0 atom stereocenters. The van der Waals surface area contributed by atoms with E-state index in [9.17, 15) is 0 Å². The Hall–Kier alpha value is -3.05. The molecule has 4 rings (SSSR count). The number of aliphatic hydroxyl groups excluding tert-OH is 1. The van der Waals surface area contributed by atoms with E-state index in [1.54, 1.807) is 25.6 Å². The zero-order valence-electron chi connectivity index (χ0n) is 20.4. The van der Waals surface area contributed by atoms with Gasteiger partial charge in [-0.05, 0) is 47.9 Å². The number of hydrogen-bond acceptors (Lipinski definition) is 6. The van der Waals surface area contributed by atoms with Gasteiger partial charge in [0.05, 0.1) is 13.7 Å². The number of benzene rings is 2. The van der Waals surface area contributed by atoms with E-state index in [0.717, 1.165) is 46.1 Å². The zero-order chi connectivity index (χ0) is 24.3. The van der Waals surface area contributed by atoms with Crippen LogP contribution < -0.4 is 15.0 Å². The summed E-state index contributed by atoms with van der Waals surface area (Å²) in [5, 5.41) is 12.2.